The van der Waals surface area contributed by atoms with Crippen LogP contribution in [0.2, 0.25) is 5.02 Å². The Morgan fingerprint density at radius 3 is 2.75 bits per heavy atom. The number of nitrogens with zero attached hydrogens (tertiary/aromatic N) is 2. The molecule has 1 aliphatic rings. The summed E-state index contributed by atoms with van der Waals surface area (Å²) in [5, 5.41) is 11.1. The number of pyridine rings is 1. The zero-order chi connectivity index (χ0) is 19.7. The average molecular weight is 398 g/mol. The molecule has 144 valence electrons. The van der Waals surface area contributed by atoms with E-state index in [1.54, 1.807) is 18.2 Å². The molecule has 8 heteroatoms. The Labute approximate surface area is 166 Å². The first-order chi connectivity index (χ1) is 13.5. The minimum absolute atomic E-state index is 0.0940. The molecule has 2 heterocycles. The number of benzene rings is 1. The molecule has 3 aromatic rings. The average Bonchev–Trinajstić information content (AvgIpc) is 3.11. The van der Waals surface area contributed by atoms with Gasteiger partial charge in [0.15, 0.2) is 11.5 Å². The van der Waals surface area contributed by atoms with Crippen molar-refractivity contribution in [2.24, 2.45) is 5.73 Å². The van der Waals surface area contributed by atoms with Crippen molar-refractivity contribution in [2.45, 2.75) is 37.6 Å². The molecule has 1 saturated carbocycles. The number of hydrogen-bond acceptors (Lipinski definition) is 5. The van der Waals surface area contributed by atoms with Gasteiger partial charge in [-0.3, -0.25) is 15.2 Å². The number of fused-ring (bicyclic) bond motifs is 1. The van der Waals surface area contributed by atoms with Gasteiger partial charge in [-0.05, 0) is 56.0 Å². The van der Waals surface area contributed by atoms with Gasteiger partial charge in [0, 0.05) is 28.7 Å². The lowest BCUT2D eigenvalue weighted by Crippen LogP contribution is -2.37. The summed E-state index contributed by atoms with van der Waals surface area (Å²) < 4.78 is 5.89. The number of carbonyl (C=O) groups excluding carboxylic acids is 1. The predicted octanol–water partition coefficient (Wildman–Crippen LogP) is 3.62. The van der Waals surface area contributed by atoms with Gasteiger partial charge in [-0.1, -0.05) is 11.6 Å². The third kappa shape index (κ3) is 3.84. The molecule has 0 saturated heterocycles. The lowest BCUT2D eigenvalue weighted by Gasteiger charge is -2.27. The van der Waals surface area contributed by atoms with Gasteiger partial charge in [0.2, 0.25) is 0 Å². The number of hydrogen-bond donors (Lipinski definition) is 3. The van der Waals surface area contributed by atoms with Crippen LogP contribution in [0.5, 0.6) is 0 Å². The Bertz CT molecular complexity index is 1040. The van der Waals surface area contributed by atoms with Crippen molar-refractivity contribution in [1.82, 2.24) is 15.3 Å². The van der Waals surface area contributed by atoms with Crippen molar-refractivity contribution in [3.05, 3.63) is 58.7 Å². The zero-order valence-electron chi connectivity index (χ0n) is 15.1. The van der Waals surface area contributed by atoms with E-state index in [1.165, 1.54) is 12.3 Å². The van der Waals surface area contributed by atoms with E-state index >= 15 is 0 Å². The molecule has 1 fully saturated rings. The summed E-state index contributed by atoms with van der Waals surface area (Å²) in [5.41, 5.74) is 7.72. The van der Waals surface area contributed by atoms with Crippen LogP contribution in [0.15, 0.2) is 40.9 Å². The molecule has 0 bridgehead atoms. The van der Waals surface area contributed by atoms with Crippen LogP contribution >= 0.6 is 11.6 Å². The number of nitrogens with two attached hydrogens (primary N) is 1. The molecule has 0 atom stereocenters. The maximum Gasteiger partial charge on any atom is 0.251 e. The van der Waals surface area contributed by atoms with Crippen LogP contribution in [0.1, 0.15) is 53.5 Å². The van der Waals surface area contributed by atoms with E-state index in [9.17, 15) is 4.79 Å². The van der Waals surface area contributed by atoms with Crippen LogP contribution in [-0.4, -0.2) is 27.8 Å². The first kappa shape index (κ1) is 18.4. The molecule has 7 nitrogen and oxygen atoms in total. The number of nitrogens with one attached hydrogen (secondary N) is 2. The van der Waals surface area contributed by atoms with Gasteiger partial charge in [-0.2, -0.15) is 0 Å². The number of halogens is 1. The first-order valence-electron chi connectivity index (χ1n) is 9.17. The summed E-state index contributed by atoms with van der Waals surface area (Å²) in [6.07, 6.45) is 4.96. The molecule has 0 aliphatic heterocycles. The summed E-state index contributed by atoms with van der Waals surface area (Å²) in [4.78, 5) is 21.1. The Morgan fingerprint density at radius 1 is 1.21 bits per heavy atom. The fourth-order valence-corrected chi connectivity index (χ4v) is 3.73. The standard InChI is InChI=1S/C20H20ClN5O2/c21-13-3-6-17-15(10-13)26-20(28-17)11-1-4-14(5-2-11)25-19(27)12-7-8-24-16(9-12)18(22)23/h3,6-11,14H,1-2,4-5H2,(H3,22,23)(H,25,27). The van der Waals surface area contributed by atoms with Crippen LogP contribution in [-0.2, 0) is 0 Å². The van der Waals surface area contributed by atoms with Crippen molar-refractivity contribution in [3.63, 3.8) is 0 Å². The maximum atomic E-state index is 12.5. The van der Waals surface area contributed by atoms with Crippen molar-refractivity contribution in [1.29, 1.82) is 5.41 Å². The van der Waals surface area contributed by atoms with E-state index in [0.29, 0.717) is 16.3 Å². The van der Waals surface area contributed by atoms with Crippen molar-refractivity contribution in [2.75, 3.05) is 0 Å². The number of amidine groups is 1. The molecule has 1 amide bonds. The quantitative estimate of drug-likeness (QED) is 0.459. The van der Waals surface area contributed by atoms with Gasteiger partial charge in [-0.15, -0.1) is 0 Å². The summed E-state index contributed by atoms with van der Waals surface area (Å²) in [6.45, 7) is 0. The minimum Gasteiger partial charge on any atom is -0.440 e. The van der Waals surface area contributed by atoms with E-state index in [4.69, 9.17) is 27.2 Å². The molecule has 0 unspecified atom stereocenters. The number of rotatable bonds is 4. The van der Waals surface area contributed by atoms with Gasteiger partial charge in [0.1, 0.15) is 17.0 Å². The van der Waals surface area contributed by atoms with Crippen LogP contribution in [0.3, 0.4) is 0 Å². The van der Waals surface area contributed by atoms with Crippen molar-refractivity contribution >= 4 is 34.4 Å². The Hall–Kier alpha value is -2.93. The van der Waals surface area contributed by atoms with E-state index in [-0.39, 0.29) is 23.7 Å². The molecule has 0 radical (unpaired) electrons. The van der Waals surface area contributed by atoms with E-state index < -0.39 is 0 Å². The van der Waals surface area contributed by atoms with Crippen LogP contribution in [0, 0.1) is 5.41 Å². The molecule has 1 aromatic carbocycles. The Morgan fingerprint density at radius 2 is 2.00 bits per heavy atom. The smallest absolute Gasteiger partial charge is 0.251 e. The number of nitrogen functional groups attached to an aromatic ring is 1. The lowest BCUT2D eigenvalue weighted by molar-refractivity contribution is 0.0925. The molecule has 4 N–H and O–H groups in total. The second-order valence-electron chi connectivity index (χ2n) is 7.03. The molecule has 28 heavy (non-hydrogen) atoms. The molecular weight excluding hydrogens is 378 g/mol. The number of carbonyl (C=O) groups is 1. The number of aromatic nitrogens is 2. The molecule has 4 rings (SSSR count). The van der Waals surface area contributed by atoms with E-state index in [1.807, 2.05) is 6.07 Å². The molecule has 2 aromatic heterocycles. The highest BCUT2D eigenvalue weighted by molar-refractivity contribution is 6.31. The molecular formula is C20H20ClN5O2. The zero-order valence-corrected chi connectivity index (χ0v) is 15.9. The SMILES string of the molecule is N=C(N)c1cc(C(=O)NC2CCC(c3nc4cc(Cl)ccc4o3)CC2)ccn1. The van der Waals surface area contributed by atoms with Crippen molar-refractivity contribution in [3.8, 4) is 0 Å². The summed E-state index contributed by atoms with van der Waals surface area (Å²) >= 11 is 6.01. The molecule has 1 aliphatic carbocycles. The fourth-order valence-electron chi connectivity index (χ4n) is 3.57. The highest BCUT2D eigenvalue weighted by Gasteiger charge is 2.27. The van der Waals surface area contributed by atoms with Crippen LogP contribution in [0.4, 0.5) is 0 Å². The van der Waals surface area contributed by atoms with E-state index in [2.05, 4.69) is 15.3 Å². The Balaban J connectivity index is 1.37. The van der Waals surface area contributed by atoms with Gasteiger partial charge in [-0.25, -0.2) is 4.98 Å². The highest BCUT2D eigenvalue weighted by Crippen LogP contribution is 2.34. The minimum atomic E-state index is -0.176. The van der Waals surface area contributed by atoms with Gasteiger partial charge in [0.25, 0.3) is 5.91 Å². The highest BCUT2D eigenvalue weighted by atomic mass is 35.5. The van der Waals surface area contributed by atoms with Crippen LogP contribution < -0.4 is 11.1 Å². The maximum absolute atomic E-state index is 12.5. The summed E-state index contributed by atoms with van der Waals surface area (Å²) in [6, 6.07) is 8.69. The first-order valence-corrected chi connectivity index (χ1v) is 9.54. The van der Waals surface area contributed by atoms with Gasteiger partial charge >= 0.3 is 0 Å². The third-order valence-electron chi connectivity index (χ3n) is 5.08. The fraction of sp³-hybridized carbons (Fsp3) is 0.300. The Kier molecular flexibility index (Phi) is 5.00. The van der Waals surface area contributed by atoms with Crippen molar-refractivity contribution < 1.29 is 9.21 Å². The normalized spacial score (nSPS) is 19.5. The van der Waals surface area contributed by atoms with E-state index in [0.717, 1.165) is 42.7 Å². The third-order valence-corrected chi connectivity index (χ3v) is 5.31. The monoisotopic (exact) mass is 397 g/mol. The second kappa shape index (κ2) is 7.59. The second-order valence-corrected chi connectivity index (χ2v) is 7.47. The predicted molar refractivity (Wildman–Crippen MR) is 107 cm³/mol. The van der Waals surface area contributed by atoms with Crippen LogP contribution in [0.25, 0.3) is 11.1 Å². The van der Waals surface area contributed by atoms with Gasteiger partial charge in [0.05, 0.1) is 0 Å². The number of oxazole rings is 1. The number of amides is 1. The topological polar surface area (TPSA) is 118 Å². The molecule has 0 spiro atoms. The summed E-state index contributed by atoms with van der Waals surface area (Å²) in [7, 11) is 0. The van der Waals surface area contributed by atoms with Gasteiger partial charge < -0.3 is 15.5 Å². The summed E-state index contributed by atoms with van der Waals surface area (Å²) in [5.74, 6) is 0.645. The largest absolute Gasteiger partial charge is 0.440 e. The lowest BCUT2D eigenvalue weighted by atomic mass is 9.86.